The van der Waals surface area contributed by atoms with Gasteiger partial charge in [-0.15, -0.1) is 5.10 Å². The normalized spacial score (nSPS) is 12.1. The van der Waals surface area contributed by atoms with Crippen LogP contribution in [0.15, 0.2) is 67.0 Å². The van der Waals surface area contributed by atoms with Gasteiger partial charge >= 0.3 is 0 Å². The molecular formula is C30H25Cl2FN6O. The summed E-state index contributed by atoms with van der Waals surface area (Å²) in [5, 5.41) is 32.6. The summed E-state index contributed by atoms with van der Waals surface area (Å²) in [6, 6.07) is 18.1. The van der Waals surface area contributed by atoms with E-state index in [2.05, 4.69) is 26.7 Å². The number of nitrogens with one attached hydrogen (secondary N) is 1. The molecule has 10 heteroatoms. The van der Waals surface area contributed by atoms with E-state index in [9.17, 15) is 14.8 Å². The van der Waals surface area contributed by atoms with Crippen LogP contribution in [-0.2, 0) is 13.0 Å². The van der Waals surface area contributed by atoms with E-state index < -0.39 is 5.82 Å². The molecular weight excluding hydrogens is 550 g/mol. The first-order valence-electron chi connectivity index (χ1n) is 12.6. The highest BCUT2D eigenvalue weighted by molar-refractivity contribution is 6.35. The Morgan fingerprint density at radius 3 is 2.60 bits per heavy atom. The molecule has 7 nitrogen and oxygen atoms in total. The lowest BCUT2D eigenvalue weighted by atomic mass is 9.88. The first-order chi connectivity index (χ1) is 19.3. The zero-order valence-electron chi connectivity index (χ0n) is 21.7. The van der Waals surface area contributed by atoms with Crippen LogP contribution in [0.5, 0.6) is 0 Å². The number of hydrogen-bond donors (Lipinski definition) is 2. The fourth-order valence-corrected chi connectivity index (χ4v) is 5.08. The van der Waals surface area contributed by atoms with Crippen molar-refractivity contribution in [1.82, 2.24) is 20.0 Å². The van der Waals surface area contributed by atoms with Crippen LogP contribution in [-0.4, -0.2) is 25.1 Å². The van der Waals surface area contributed by atoms with Gasteiger partial charge < -0.3 is 10.4 Å². The van der Waals surface area contributed by atoms with Gasteiger partial charge in [0, 0.05) is 35.4 Å². The Bertz CT molecular complexity index is 1750. The molecule has 0 spiro atoms. The number of fused-ring (bicyclic) bond motifs is 1. The van der Waals surface area contributed by atoms with E-state index in [1.54, 1.807) is 6.07 Å². The van der Waals surface area contributed by atoms with E-state index >= 15 is 0 Å². The van der Waals surface area contributed by atoms with Crippen LogP contribution in [0.3, 0.4) is 0 Å². The molecule has 3 aromatic carbocycles. The number of hydrogen-bond acceptors (Lipinski definition) is 6. The van der Waals surface area contributed by atoms with Crippen molar-refractivity contribution in [3.8, 4) is 6.07 Å². The summed E-state index contributed by atoms with van der Waals surface area (Å²) < 4.78 is 15.6. The van der Waals surface area contributed by atoms with Gasteiger partial charge in [-0.25, -0.2) is 9.07 Å². The number of anilines is 2. The van der Waals surface area contributed by atoms with Crippen molar-refractivity contribution in [3.63, 3.8) is 0 Å². The fourth-order valence-electron chi connectivity index (χ4n) is 4.61. The van der Waals surface area contributed by atoms with Crippen molar-refractivity contribution < 1.29 is 9.50 Å². The van der Waals surface area contributed by atoms with Crippen LogP contribution >= 0.6 is 23.2 Å². The van der Waals surface area contributed by atoms with Gasteiger partial charge in [0.25, 0.3) is 0 Å². The van der Waals surface area contributed by atoms with Gasteiger partial charge in [-0.1, -0.05) is 52.7 Å². The van der Waals surface area contributed by atoms with Crippen molar-refractivity contribution >= 4 is 45.5 Å². The molecule has 0 aliphatic carbocycles. The average Bonchev–Trinajstić information content (AvgIpc) is 3.44. The predicted octanol–water partition coefficient (Wildman–Crippen LogP) is 7.34. The third-order valence-corrected chi connectivity index (χ3v) is 7.26. The molecule has 2 aromatic heterocycles. The highest BCUT2D eigenvalue weighted by atomic mass is 35.5. The second-order valence-corrected chi connectivity index (χ2v) is 10.6. The lowest BCUT2D eigenvalue weighted by molar-refractivity contribution is 0.281. The molecule has 0 aliphatic heterocycles. The summed E-state index contributed by atoms with van der Waals surface area (Å²) in [6.07, 6.45) is 3.90. The van der Waals surface area contributed by atoms with Gasteiger partial charge in [-0.3, -0.25) is 4.98 Å². The van der Waals surface area contributed by atoms with E-state index in [4.69, 9.17) is 23.2 Å². The molecule has 5 rings (SSSR count). The Labute approximate surface area is 240 Å². The number of aliphatic hydroxyl groups is 1. The minimum absolute atomic E-state index is 0.0389. The Balaban J connectivity index is 1.62. The van der Waals surface area contributed by atoms with Crippen LogP contribution in [0.2, 0.25) is 10.0 Å². The van der Waals surface area contributed by atoms with Crippen molar-refractivity contribution in [2.75, 3.05) is 5.32 Å². The highest BCUT2D eigenvalue weighted by Crippen LogP contribution is 2.36. The summed E-state index contributed by atoms with van der Waals surface area (Å²) in [4.78, 5) is 4.43. The first-order valence-corrected chi connectivity index (χ1v) is 13.4. The molecule has 1 atom stereocenters. The molecule has 0 fully saturated rings. The first kappa shape index (κ1) is 27.5. The third-order valence-electron chi connectivity index (χ3n) is 6.68. The van der Waals surface area contributed by atoms with Crippen LogP contribution in [0.1, 0.15) is 53.8 Å². The van der Waals surface area contributed by atoms with Gasteiger partial charge in [-0.2, -0.15) is 5.26 Å². The van der Waals surface area contributed by atoms with Gasteiger partial charge in [0.15, 0.2) is 0 Å². The number of aromatic nitrogens is 4. The van der Waals surface area contributed by atoms with Crippen LogP contribution in [0.25, 0.3) is 10.9 Å². The zero-order chi connectivity index (χ0) is 28.4. The number of nitrogens with zero attached hydrogens (tertiary/aromatic N) is 5. The van der Waals surface area contributed by atoms with E-state index in [1.165, 1.54) is 18.3 Å². The second kappa shape index (κ2) is 11.6. The molecule has 0 aliphatic rings. The van der Waals surface area contributed by atoms with E-state index in [1.807, 2.05) is 61.1 Å². The SMILES string of the molecule is CC(C)n1cc([C@@H](Cc2cc(Cl)c3ncc(C#N)c(Nc4ccc(F)c(Cl)c4)c3c2)c2cccc(CO)c2)nn1. The van der Waals surface area contributed by atoms with Crippen molar-refractivity contribution in [1.29, 1.82) is 5.26 Å². The van der Waals surface area contributed by atoms with Crippen molar-refractivity contribution in [3.05, 3.63) is 111 Å². The number of rotatable bonds is 8. The Kier molecular flexibility index (Phi) is 7.99. The Morgan fingerprint density at radius 2 is 1.90 bits per heavy atom. The van der Waals surface area contributed by atoms with Crippen LogP contribution < -0.4 is 5.32 Å². The lowest BCUT2D eigenvalue weighted by Gasteiger charge is -2.18. The molecule has 0 radical (unpaired) electrons. The topological polar surface area (TPSA) is 99.7 Å². The van der Waals surface area contributed by atoms with E-state index in [0.29, 0.717) is 39.3 Å². The van der Waals surface area contributed by atoms with Crippen molar-refractivity contribution in [2.45, 2.75) is 38.8 Å². The number of halogens is 3. The third kappa shape index (κ3) is 5.63. The maximum atomic E-state index is 13.8. The largest absolute Gasteiger partial charge is 0.392 e. The minimum atomic E-state index is -0.539. The predicted molar refractivity (Wildman–Crippen MR) is 154 cm³/mol. The van der Waals surface area contributed by atoms with E-state index in [-0.39, 0.29) is 23.6 Å². The maximum Gasteiger partial charge on any atom is 0.141 e. The Morgan fingerprint density at radius 1 is 1.07 bits per heavy atom. The molecule has 2 N–H and O–H groups in total. The summed E-state index contributed by atoms with van der Waals surface area (Å²) in [5.74, 6) is -0.727. The van der Waals surface area contributed by atoms with Gasteiger partial charge in [0.2, 0.25) is 0 Å². The van der Waals surface area contributed by atoms with Gasteiger partial charge in [-0.05, 0) is 67.3 Å². The van der Waals surface area contributed by atoms with Gasteiger partial charge in [0.05, 0.1) is 39.1 Å². The lowest BCUT2D eigenvalue weighted by Crippen LogP contribution is -2.07. The molecule has 0 amide bonds. The molecule has 40 heavy (non-hydrogen) atoms. The monoisotopic (exact) mass is 574 g/mol. The fraction of sp³-hybridized carbons (Fsp3) is 0.200. The number of benzene rings is 3. The molecule has 0 saturated heterocycles. The maximum absolute atomic E-state index is 13.8. The number of nitriles is 1. The molecule has 2 heterocycles. The summed E-state index contributed by atoms with van der Waals surface area (Å²) in [5.41, 5.74) is 5.25. The second-order valence-electron chi connectivity index (χ2n) is 9.76. The molecule has 202 valence electrons. The quantitative estimate of drug-likeness (QED) is 0.201. The van der Waals surface area contributed by atoms with Crippen molar-refractivity contribution in [2.24, 2.45) is 0 Å². The number of pyridine rings is 1. The summed E-state index contributed by atoms with van der Waals surface area (Å²) >= 11 is 12.7. The Hall–Kier alpha value is -4.03. The van der Waals surface area contributed by atoms with Gasteiger partial charge in [0.1, 0.15) is 11.9 Å². The standard InChI is InChI=1S/C30H25Cl2FN6O/c1-17(2)39-15-28(37-38-39)23(20-5-3-4-18(8-20)16-40)9-19-10-24-29(36-22-6-7-27(33)25(31)12-22)21(13-34)14-35-30(24)26(32)11-19/h3-8,10-12,14-15,17,23,40H,9,16H2,1-2H3,(H,35,36)/t23-/m0/s1. The molecule has 5 aromatic rings. The van der Waals surface area contributed by atoms with E-state index in [0.717, 1.165) is 22.4 Å². The molecule has 0 bridgehead atoms. The molecule has 0 saturated carbocycles. The number of aliphatic hydroxyl groups excluding tert-OH is 1. The summed E-state index contributed by atoms with van der Waals surface area (Å²) in [6.45, 7) is 3.99. The zero-order valence-corrected chi connectivity index (χ0v) is 23.2. The smallest absolute Gasteiger partial charge is 0.141 e. The van der Waals surface area contributed by atoms with Crippen LogP contribution in [0, 0.1) is 17.1 Å². The van der Waals surface area contributed by atoms with Crippen LogP contribution in [0.4, 0.5) is 15.8 Å². The minimum Gasteiger partial charge on any atom is -0.392 e. The summed E-state index contributed by atoms with van der Waals surface area (Å²) in [7, 11) is 0. The highest BCUT2D eigenvalue weighted by Gasteiger charge is 2.22. The average molecular weight is 575 g/mol. The molecule has 0 unspecified atom stereocenters.